The van der Waals surface area contributed by atoms with Crippen LogP contribution in [0, 0.1) is 11.3 Å². The van der Waals surface area contributed by atoms with Gasteiger partial charge >= 0.3 is 0 Å². The van der Waals surface area contributed by atoms with Crippen LogP contribution in [0.25, 0.3) is 16.6 Å². The topological polar surface area (TPSA) is 164 Å². The molecule has 1 atom stereocenters. The third-order valence-electron chi connectivity index (χ3n) is 9.59. The van der Waals surface area contributed by atoms with E-state index < -0.39 is 29.7 Å². The molecule has 7 rings (SSSR count). The fourth-order valence-corrected chi connectivity index (χ4v) is 6.74. The molecule has 3 aromatic rings. The van der Waals surface area contributed by atoms with Crippen LogP contribution in [0.1, 0.15) is 52.1 Å². The Balaban J connectivity index is 0.942. The molecule has 13 heteroatoms. The van der Waals surface area contributed by atoms with Gasteiger partial charge in [-0.1, -0.05) is 6.07 Å². The predicted octanol–water partition coefficient (Wildman–Crippen LogP) is 2.25. The predicted molar refractivity (Wildman–Crippen MR) is 177 cm³/mol. The van der Waals surface area contributed by atoms with E-state index in [1.54, 1.807) is 24.4 Å². The molecule has 0 radical (unpaired) electrons. The number of nitrogens with zero attached hydrogens (tertiary/aromatic N) is 5. The Morgan fingerprint density at radius 2 is 1.83 bits per heavy atom. The van der Waals surface area contributed by atoms with Crippen molar-refractivity contribution < 1.29 is 19.2 Å². The second-order valence-electron chi connectivity index (χ2n) is 12.7. The number of piperazine rings is 1. The Labute approximate surface area is 271 Å². The Morgan fingerprint density at radius 3 is 2.60 bits per heavy atom. The SMILES string of the molecule is CN1CCN(c2cccc3ncc(/C(C=N)=C/NC4CC(CNc5ccc6c(c5)C(=O)N(C5CCC(=O)NC5=O)C6=O)C4)nc23)CC1. The lowest BCUT2D eigenvalue weighted by molar-refractivity contribution is -0.136. The summed E-state index contributed by atoms with van der Waals surface area (Å²) >= 11 is 0. The van der Waals surface area contributed by atoms with Crippen molar-refractivity contribution in [3.63, 3.8) is 0 Å². The molecule has 47 heavy (non-hydrogen) atoms. The zero-order valence-corrected chi connectivity index (χ0v) is 26.2. The van der Waals surface area contributed by atoms with Gasteiger partial charge in [-0.05, 0) is 62.6 Å². The van der Waals surface area contributed by atoms with Gasteiger partial charge in [0.2, 0.25) is 11.8 Å². The van der Waals surface area contributed by atoms with E-state index in [-0.39, 0.29) is 30.0 Å². The number of allylic oxidation sites excluding steroid dienone is 1. The first-order valence-corrected chi connectivity index (χ1v) is 16.0. The van der Waals surface area contributed by atoms with E-state index in [2.05, 4.69) is 43.8 Å². The molecule has 1 aliphatic carbocycles. The molecule has 3 fully saturated rings. The lowest BCUT2D eigenvalue weighted by Gasteiger charge is -2.36. The normalized spacial score (nSPS) is 23.4. The summed E-state index contributed by atoms with van der Waals surface area (Å²) in [7, 11) is 2.13. The average molecular weight is 636 g/mol. The van der Waals surface area contributed by atoms with Gasteiger partial charge in [0.25, 0.3) is 11.8 Å². The molecule has 13 nitrogen and oxygen atoms in total. The highest BCUT2D eigenvalue weighted by Crippen LogP contribution is 2.32. The highest BCUT2D eigenvalue weighted by atomic mass is 16.2. The number of nitrogens with one attached hydrogen (secondary N) is 4. The summed E-state index contributed by atoms with van der Waals surface area (Å²) in [6.07, 6.45) is 6.95. The highest BCUT2D eigenvalue weighted by molar-refractivity contribution is 6.23. The Hall–Kier alpha value is -5.17. The number of para-hydroxylation sites is 1. The molecule has 242 valence electrons. The summed E-state index contributed by atoms with van der Waals surface area (Å²) in [5.41, 5.74) is 5.32. The number of carbonyl (C=O) groups is 4. The van der Waals surface area contributed by atoms with Gasteiger partial charge in [-0.3, -0.25) is 34.4 Å². The molecule has 4 N–H and O–H groups in total. The Bertz CT molecular complexity index is 1810. The number of rotatable bonds is 9. The van der Waals surface area contributed by atoms with Crippen molar-refractivity contribution in [1.82, 2.24) is 30.4 Å². The van der Waals surface area contributed by atoms with E-state index in [4.69, 9.17) is 10.4 Å². The van der Waals surface area contributed by atoms with Crippen molar-refractivity contribution in [1.29, 1.82) is 5.41 Å². The van der Waals surface area contributed by atoms with Crippen LogP contribution < -0.4 is 20.9 Å². The molecule has 1 aromatic heterocycles. The van der Waals surface area contributed by atoms with Crippen molar-refractivity contribution in [2.75, 3.05) is 50.0 Å². The minimum atomic E-state index is -0.981. The molecule has 0 bridgehead atoms. The number of benzene rings is 2. The van der Waals surface area contributed by atoms with E-state index in [0.717, 1.165) is 66.3 Å². The maximum atomic E-state index is 13.1. The van der Waals surface area contributed by atoms with Gasteiger partial charge in [0.05, 0.1) is 34.2 Å². The molecular formula is C34H37N9O4. The summed E-state index contributed by atoms with van der Waals surface area (Å²) in [6.45, 7) is 4.55. The lowest BCUT2D eigenvalue weighted by Crippen LogP contribution is -2.54. The van der Waals surface area contributed by atoms with Gasteiger partial charge in [-0.25, -0.2) is 4.98 Å². The number of hydrogen-bond acceptors (Lipinski definition) is 11. The van der Waals surface area contributed by atoms with Crippen molar-refractivity contribution in [2.24, 2.45) is 5.92 Å². The van der Waals surface area contributed by atoms with Gasteiger partial charge in [-0.2, -0.15) is 0 Å². The number of aromatic nitrogens is 2. The number of carbonyl (C=O) groups excluding carboxylic acids is 4. The molecule has 2 saturated heterocycles. The van der Waals surface area contributed by atoms with Crippen LogP contribution in [0.3, 0.4) is 0 Å². The molecule has 3 aliphatic heterocycles. The van der Waals surface area contributed by atoms with Crippen molar-refractivity contribution in [3.05, 3.63) is 65.6 Å². The standard InChI is InChI=1S/C34H37N9O4/c1-41-9-11-42(12-10-41)28-4-2-3-26-31(28)39-27(19-38-26)21(16-35)18-37-23-13-20(14-23)17-36-22-5-6-24-25(15-22)34(47)43(33(24)46)29-7-8-30(44)40-32(29)45/h2-6,15-16,18-20,23,29,35-37H,7-14,17H2,1H3,(H,40,44,45)/b21-18+,35-16?. The number of likely N-dealkylation sites (N-methyl/N-ethyl adjacent to an activating group) is 1. The second kappa shape index (κ2) is 12.6. The molecular weight excluding hydrogens is 598 g/mol. The molecule has 1 saturated carbocycles. The highest BCUT2D eigenvalue weighted by Gasteiger charge is 2.44. The number of hydrogen-bond donors (Lipinski definition) is 4. The van der Waals surface area contributed by atoms with Crippen LogP contribution >= 0.6 is 0 Å². The number of piperidine rings is 1. The van der Waals surface area contributed by atoms with Crippen LogP contribution in [-0.4, -0.2) is 101 Å². The maximum Gasteiger partial charge on any atom is 0.262 e. The van der Waals surface area contributed by atoms with Crippen LogP contribution in [0.15, 0.2) is 48.8 Å². The van der Waals surface area contributed by atoms with Gasteiger partial charge < -0.3 is 25.8 Å². The molecule has 2 aromatic carbocycles. The van der Waals surface area contributed by atoms with Crippen molar-refractivity contribution >= 4 is 57.8 Å². The summed E-state index contributed by atoms with van der Waals surface area (Å²) in [4.78, 5) is 65.2. The van der Waals surface area contributed by atoms with Crippen LogP contribution in [0.2, 0.25) is 0 Å². The van der Waals surface area contributed by atoms with E-state index in [9.17, 15) is 19.2 Å². The first kappa shape index (κ1) is 30.5. The Kier molecular flexibility index (Phi) is 8.14. The smallest absolute Gasteiger partial charge is 0.262 e. The van der Waals surface area contributed by atoms with E-state index in [0.29, 0.717) is 23.7 Å². The van der Waals surface area contributed by atoms with E-state index in [1.807, 2.05) is 18.3 Å². The Morgan fingerprint density at radius 1 is 1.04 bits per heavy atom. The second-order valence-corrected chi connectivity index (χ2v) is 12.7. The monoisotopic (exact) mass is 635 g/mol. The van der Waals surface area contributed by atoms with Crippen LogP contribution in [-0.2, 0) is 9.59 Å². The molecule has 0 spiro atoms. The van der Waals surface area contributed by atoms with Crippen LogP contribution in [0.5, 0.6) is 0 Å². The number of anilines is 2. The van der Waals surface area contributed by atoms with E-state index >= 15 is 0 Å². The van der Waals surface area contributed by atoms with Gasteiger partial charge in [-0.15, -0.1) is 0 Å². The number of amides is 4. The third kappa shape index (κ3) is 5.94. The summed E-state index contributed by atoms with van der Waals surface area (Å²) in [6, 6.07) is 10.4. The summed E-state index contributed by atoms with van der Waals surface area (Å²) in [5.74, 6) is -1.65. The average Bonchev–Trinajstić information content (AvgIpc) is 3.30. The molecule has 1 unspecified atom stereocenters. The van der Waals surface area contributed by atoms with Gasteiger partial charge in [0.1, 0.15) is 11.6 Å². The minimum Gasteiger partial charge on any atom is -0.388 e. The summed E-state index contributed by atoms with van der Waals surface area (Å²) < 4.78 is 0. The third-order valence-corrected chi connectivity index (χ3v) is 9.59. The van der Waals surface area contributed by atoms with E-state index in [1.165, 1.54) is 6.21 Å². The lowest BCUT2D eigenvalue weighted by atomic mass is 9.80. The van der Waals surface area contributed by atoms with Crippen molar-refractivity contribution in [2.45, 2.75) is 37.8 Å². The maximum absolute atomic E-state index is 13.1. The van der Waals surface area contributed by atoms with Gasteiger partial charge in [0, 0.05) is 68.9 Å². The zero-order valence-electron chi connectivity index (χ0n) is 26.2. The fraction of sp³-hybridized carbons (Fsp3) is 0.382. The number of fused-ring (bicyclic) bond motifs is 2. The largest absolute Gasteiger partial charge is 0.388 e. The fourth-order valence-electron chi connectivity index (χ4n) is 6.74. The molecule has 4 heterocycles. The number of imide groups is 2. The quantitative estimate of drug-likeness (QED) is 0.203. The zero-order chi connectivity index (χ0) is 32.7. The first-order valence-electron chi connectivity index (χ1n) is 16.0. The van der Waals surface area contributed by atoms with Crippen molar-refractivity contribution in [3.8, 4) is 0 Å². The molecule has 4 amide bonds. The summed E-state index contributed by atoms with van der Waals surface area (Å²) in [5, 5.41) is 17.1. The first-order chi connectivity index (χ1) is 22.8. The minimum absolute atomic E-state index is 0.0852. The van der Waals surface area contributed by atoms with Gasteiger partial charge in [0.15, 0.2) is 0 Å². The molecule has 4 aliphatic rings. The van der Waals surface area contributed by atoms with Crippen LogP contribution in [0.4, 0.5) is 11.4 Å².